The fourth-order valence-electron chi connectivity index (χ4n) is 2.81. The lowest BCUT2D eigenvalue weighted by Gasteiger charge is -2.13. The van der Waals surface area contributed by atoms with Crippen LogP contribution in [-0.4, -0.2) is 9.97 Å². The molecule has 0 bridgehead atoms. The number of alkyl halides is 3. The van der Waals surface area contributed by atoms with Gasteiger partial charge in [0.1, 0.15) is 5.82 Å². The zero-order valence-electron chi connectivity index (χ0n) is 14.7. The van der Waals surface area contributed by atoms with Gasteiger partial charge in [-0.3, -0.25) is 0 Å². The molecule has 0 spiro atoms. The first-order chi connectivity index (χ1) is 13.4. The molecule has 0 amide bonds. The predicted molar refractivity (Wildman–Crippen MR) is 105 cm³/mol. The summed E-state index contributed by atoms with van der Waals surface area (Å²) in [5, 5.41) is 4.30. The Hall–Kier alpha value is -2.83. The lowest BCUT2D eigenvalue weighted by Crippen LogP contribution is -3.00. The molecule has 1 heterocycles. The molecule has 0 fully saturated rings. The number of para-hydroxylation sites is 1. The van der Waals surface area contributed by atoms with Crippen LogP contribution < -0.4 is 17.7 Å². The first kappa shape index (κ1) is 20.9. The number of halogens is 5. The van der Waals surface area contributed by atoms with Gasteiger partial charge in [0.05, 0.1) is 11.1 Å². The van der Waals surface area contributed by atoms with Crippen molar-refractivity contribution in [2.75, 3.05) is 5.32 Å². The van der Waals surface area contributed by atoms with E-state index in [-0.39, 0.29) is 12.4 Å². The summed E-state index contributed by atoms with van der Waals surface area (Å²) in [5.41, 5.74) is 0.994. The minimum Gasteiger partial charge on any atom is -1.00 e. The van der Waals surface area contributed by atoms with Crippen molar-refractivity contribution in [1.29, 1.82) is 0 Å². The first-order valence-corrected chi connectivity index (χ1v) is 8.75. The molecule has 8 heteroatoms. The normalized spacial score (nSPS) is 11.2. The molecule has 0 saturated carbocycles. The predicted octanol–water partition coefficient (Wildman–Crippen LogP) is 3.72. The van der Waals surface area contributed by atoms with Crippen LogP contribution in [0.25, 0.3) is 22.3 Å². The van der Waals surface area contributed by atoms with Crippen molar-refractivity contribution in [2.45, 2.75) is 6.18 Å². The van der Waals surface area contributed by atoms with Crippen LogP contribution in [0.1, 0.15) is 5.56 Å². The van der Waals surface area contributed by atoms with Gasteiger partial charge in [-0.15, -0.1) is 0 Å². The molecule has 4 rings (SSSR count). The van der Waals surface area contributed by atoms with Crippen LogP contribution in [0.4, 0.5) is 24.7 Å². The van der Waals surface area contributed by atoms with Gasteiger partial charge in [-0.05, 0) is 54.6 Å². The summed E-state index contributed by atoms with van der Waals surface area (Å²) in [7, 11) is 0. The van der Waals surface area contributed by atoms with Gasteiger partial charge in [-0.25, -0.2) is 9.97 Å². The van der Waals surface area contributed by atoms with Gasteiger partial charge in [0.15, 0.2) is 5.82 Å². The standard InChI is InChI=1S/C21H13ClF3N3.ClH/c22-15-10-8-13(9-11-15)19-27-18-7-2-1-6-17(18)20(28-19)26-16-5-3-4-14(12-16)21(23,24)25;/h1-12H,(H,26,27,28);1H/p-1. The molecular formula is C21H13Cl2F3N3-. The molecule has 0 saturated heterocycles. The monoisotopic (exact) mass is 434 g/mol. The SMILES string of the molecule is FC(F)(F)c1cccc(Nc2nc(-c3ccc(Cl)cc3)nc3ccccc23)c1.[Cl-]. The van der Waals surface area contributed by atoms with Gasteiger partial charge in [0.2, 0.25) is 0 Å². The number of fused-ring (bicyclic) bond motifs is 1. The number of aromatic nitrogens is 2. The van der Waals surface area contributed by atoms with Crippen LogP contribution in [0.5, 0.6) is 0 Å². The van der Waals surface area contributed by atoms with Crippen LogP contribution in [0.2, 0.25) is 5.02 Å². The van der Waals surface area contributed by atoms with Crippen molar-refractivity contribution in [3.05, 3.63) is 83.4 Å². The van der Waals surface area contributed by atoms with E-state index in [2.05, 4.69) is 15.3 Å². The molecule has 0 radical (unpaired) electrons. The fraction of sp³-hybridized carbons (Fsp3) is 0.0476. The molecule has 148 valence electrons. The molecule has 1 aromatic heterocycles. The minimum atomic E-state index is -4.42. The van der Waals surface area contributed by atoms with E-state index in [0.717, 1.165) is 17.7 Å². The Balaban J connectivity index is 0.00000240. The zero-order valence-corrected chi connectivity index (χ0v) is 16.2. The van der Waals surface area contributed by atoms with Crippen molar-refractivity contribution < 1.29 is 25.6 Å². The van der Waals surface area contributed by atoms with Crippen molar-refractivity contribution in [3.8, 4) is 11.4 Å². The summed E-state index contributed by atoms with van der Waals surface area (Å²) < 4.78 is 39.0. The number of anilines is 2. The van der Waals surface area contributed by atoms with E-state index in [1.807, 2.05) is 24.3 Å². The van der Waals surface area contributed by atoms with Gasteiger partial charge >= 0.3 is 6.18 Å². The van der Waals surface area contributed by atoms with Crippen molar-refractivity contribution in [3.63, 3.8) is 0 Å². The molecule has 0 aliphatic heterocycles. The van der Waals surface area contributed by atoms with Gasteiger partial charge in [-0.1, -0.05) is 29.8 Å². The maximum Gasteiger partial charge on any atom is 0.416 e. The highest BCUT2D eigenvalue weighted by atomic mass is 35.5. The maximum atomic E-state index is 13.0. The summed E-state index contributed by atoms with van der Waals surface area (Å²) in [4.78, 5) is 9.10. The van der Waals surface area contributed by atoms with E-state index >= 15 is 0 Å². The Morgan fingerprint density at radius 3 is 2.28 bits per heavy atom. The summed E-state index contributed by atoms with van der Waals surface area (Å²) >= 11 is 5.94. The zero-order chi connectivity index (χ0) is 19.7. The van der Waals surface area contributed by atoms with E-state index in [4.69, 9.17) is 11.6 Å². The summed E-state index contributed by atoms with van der Waals surface area (Å²) in [6.07, 6.45) is -4.42. The van der Waals surface area contributed by atoms with Gasteiger partial charge in [0, 0.05) is 21.7 Å². The molecule has 0 aliphatic carbocycles. The van der Waals surface area contributed by atoms with Gasteiger partial charge in [0.25, 0.3) is 0 Å². The lowest BCUT2D eigenvalue weighted by molar-refractivity contribution is -0.137. The summed E-state index contributed by atoms with van der Waals surface area (Å²) in [6, 6.07) is 19.4. The highest BCUT2D eigenvalue weighted by Gasteiger charge is 2.30. The molecule has 1 N–H and O–H groups in total. The molecule has 3 aromatic carbocycles. The third-order valence-electron chi connectivity index (χ3n) is 4.16. The van der Waals surface area contributed by atoms with Crippen molar-refractivity contribution in [1.82, 2.24) is 9.97 Å². The molecule has 0 atom stereocenters. The third kappa shape index (κ3) is 4.60. The Labute approximate surface area is 176 Å². The fourth-order valence-corrected chi connectivity index (χ4v) is 2.94. The number of nitrogens with zero attached hydrogens (tertiary/aromatic N) is 2. The molecule has 4 aromatic rings. The largest absolute Gasteiger partial charge is 1.00 e. The topological polar surface area (TPSA) is 37.8 Å². The van der Waals surface area contributed by atoms with Crippen LogP contribution in [0.3, 0.4) is 0 Å². The van der Waals surface area contributed by atoms with Crippen LogP contribution >= 0.6 is 11.6 Å². The number of hydrogen-bond donors (Lipinski definition) is 1. The summed E-state index contributed by atoms with van der Waals surface area (Å²) in [5.74, 6) is 0.875. The average Bonchev–Trinajstić information content (AvgIpc) is 2.68. The average molecular weight is 435 g/mol. The van der Waals surface area contributed by atoms with Crippen LogP contribution in [0.15, 0.2) is 72.8 Å². The quantitative estimate of drug-likeness (QED) is 0.533. The maximum absolute atomic E-state index is 13.0. The molecule has 3 nitrogen and oxygen atoms in total. The molecular weight excluding hydrogens is 422 g/mol. The van der Waals surface area contributed by atoms with E-state index in [9.17, 15) is 13.2 Å². The first-order valence-electron chi connectivity index (χ1n) is 8.37. The van der Waals surface area contributed by atoms with E-state index in [0.29, 0.717) is 33.3 Å². The number of benzene rings is 3. The number of rotatable bonds is 3. The van der Waals surface area contributed by atoms with Crippen molar-refractivity contribution >= 4 is 34.0 Å². The molecule has 29 heavy (non-hydrogen) atoms. The summed E-state index contributed by atoms with van der Waals surface area (Å²) in [6.45, 7) is 0. The molecule has 0 unspecified atom stereocenters. The molecule has 0 aliphatic rings. The Morgan fingerprint density at radius 2 is 1.55 bits per heavy atom. The minimum absolute atomic E-state index is 0. The van der Waals surface area contributed by atoms with E-state index in [1.54, 1.807) is 30.3 Å². The number of nitrogens with one attached hydrogen (secondary N) is 1. The highest BCUT2D eigenvalue weighted by Crippen LogP contribution is 2.32. The highest BCUT2D eigenvalue weighted by molar-refractivity contribution is 6.30. The van der Waals surface area contributed by atoms with Crippen LogP contribution in [0, 0.1) is 0 Å². The Morgan fingerprint density at radius 1 is 0.828 bits per heavy atom. The van der Waals surface area contributed by atoms with Gasteiger partial charge in [-0.2, -0.15) is 13.2 Å². The van der Waals surface area contributed by atoms with E-state index < -0.39 is 11.7 Å². The van der Waals surface area contributed by atoms with Crippen LogP contribution in [-0.2, 0) is 6.18 Å². The second-order valence-corrected chi connectivity index (χ2v) is 6.56. The van der Waals surface area contributed by atoms with Gasteiger partial charge < -0.3 is 17.7 Å². The number of hydrogen-bond acceptors (Lipinski definition) is 3. The lowest BCUT2D eigenvalue weighted by atomic mass is 10.1. The van der Waals surface area contributed by atoms with Crippen molar-refractivity contribution in [2.24, 2.45) is 0 Å². The smallest absolute Gasteiger partial charge is 0.416 e. The second-order valence-electron chi connectivity index (χ2n) is 6.12. The Kier molecular flexibility index (Phi) is 5.96. The van der Waals surface area contributed by atoms with E-state index in [1.165, 1.54) is 6.07 Å². The third-order valence-corrected chi connectivity index (χ3v) is 4.41. The second kappa shape index (κ2) is 8.27. The Bertz CT molecular complexity index is 1150.